The van der Waals surface area contributed by atoms with Crippen LogP contribution in [-0.4, -0.2) is 41.3 Å². The van der Waals surface area contributed by atoms with Crippen molar-refractivity contribution >= 4 is 18.0 Å². The molecule has 0 saturated heterocycles. The van der Waals surface area contributed by atoms with Crippen molar-refractivity contribution in [1.29, 1.82) is 0 Å². The first-order valence-corrected chi connectivity index (χ1v) is 11.1. The maximum absolute atomic E-state index is 12.9. The standard InChI is InChI=1S/C26H32N2O5/c1-6-26(5,23(31)27-21(22(29)30)25(2,3)4)28-24(32)33-15-20-18-13-9-7-11-16(18)17-12-8-10-14-19(17)20/h7-14,20-21H,6,15H2,1-5H3,(H,27,31)(H,28,32)(H,29,30). The van der Waals surface area contributed by atoms with Crippen molar-refractivity contribution in [2.75, 3.05) is 6.61 Å². The number of carboxylic acid groups (broad SMARTS) is 1. The summed E-state index contributed by atoms with van der Waals surface area (Å²) in [6.07, 6.45) is -0.460. The Kier molecular flexibility index (Phi) is 6.81. The number of hydrogen-bond acceptors (Lipinski definition) is 4. The van der Waals surface area contributed by atoms with Gasteiger partial charge >= 0.3 is 12.1 Å². The minimum atomic E-state index is -1.32. The first-order valence-electron chi connectivity index (χ1n) is 11.1. The van der Waals surface area contributed by atoms with Crippen molar-refractivity contribution in [2.45, 2.75) is 58.5 Å². The quantitative estimate of drug-likeness (QED) is 0.581. The molecule has 0 aliphatic heterocycles. The molecule has 3 N–H and O–H groups in total. The topological polar surface area (TPSA) is 105 Å². The summed E-state index contributed by atoms with van der Waals surface area (Å²) in [6.45, 7) is 8.62. The molecule has 1 aliphatic rings. The SMILES string of the molecule is CCC(C)(NC(=O)OCC1c2ccccc2-c2ccccc21)C(=O)NC(C(=O)O)C(C)(C)C. The van der Waals surface area contributed by atoms with Crippen molar-refractivity contribution < 1.29 is 24.2 Å². The van der Waals surface area contributed by atoms with Gasteiger partial charge in [0.25, 0.3) is 0 Å². The van der Waals surface area contributed by atoms with Crippen LogP contribution in [0, 0.1) is 5.41 Å². The minimum Gasteiger partial charge on any atom is -0.480 e. The Balaban J connectivity index is 1.69. The highest BCUT2D eigenvalue weighted by molar-refractivity contribution is 5.92. The van der Waals surface area contributed by atoms with Crippen LogP contribution in [0.3, 0.4) is 0 Å². The van der Waals surface area contributed by atoms with Crippen LogP contribution >= 0.6 is 0 Å². The smallest absolute Gasteiger partial charge is 0.408 e. The van der Waals surface area contributed by atoms with Gasteiger partial charge in [-0.2, -0.15) is 0 Å². The number of benzene rings is 2. The second-order valence-corrected chi connectivity index (χ2v) is 9.75. The van der Waals surface area contributed by atoms with E-state index in [0.717, 1.165) is 22.3 Å². The maximum Gasteiger partial charge on any atom is 0.408 e. The molecule has 7 nitrogen and oxygen atoms in total. The van der Waals surface area contributed by atoms with Crippen LogP contribution in [-0.2, 0) is 14.3 Å². The van der Waals surface area contributed by atoms with Gasteiger partial charge in [-0.25, -0.2) is 9.59 Å². The zero-order valence-electron chi connectivity index (χ0n) is 19.8. The van der Waals surface area contributed by atoms with Gasteiger partial charge in [-0.1, -0.05) is 76.2 Å². The van der Waals surface area contributed by atoms with Gasteiger partial charge in [0.05, 0.1) is 0 Å². The Morgan fingerprint density at radius 3 is 1.94 bits per heavy atom. The Hall–Kier alpha value is -3.35. The number of fused-ring (bicyclic) bond motifs is 3. The molecule has 0 fully saturated rings. The fourth-order valence-electron chi connectivity index (χ4n) is 4.10. The third-order valence-electron chi connectivity index (χ3n) is 6.32. The number of rotatable bonds is 7. The van der Waals surface area contributed by atoms with E-state index in [-0.39, 0.29) is 18.9 Å². The fourth-order valence-corrected chi connectivity index (χ4v) is 4.10. The largest absolute Gasteiger partial charge is 0.480 e. The van der Waals surface area contributed by atoms with Gasteiger partial charge < -0.3 is 20.5 Å². The van der Waals surface area contributed by atoms with Crippen LogP contribution < -0.4 is 10.6 Å². The lowest BCUT2D eigenvalue weighted by Gasteiger charge is -2.33. The predicted molar refractivity (Wildman–Crippen MR) is 126 cm³/mol. The van der Waals surface area contributed by atoms with Gasteiger partial charge in [-0.05, 0) is 41.0 Å². The second kappa shape index (κ2) is 9.25. The van der Waals surface area contributed by atoms with Crippen LogP contribution in [0.2, 0.25) is 0 Å². The van der Waals surface area contributed by atoms with E-state index in [9.17, 15) is 19.5 Å². The molecule has 2 aromatic carbocycles. The number of nitrogens with one attached hydrogen (secondary N) is 2. The number of amides is 2. The normalized spacial score (nSPS) is 15.5. The Morgan fingerprint density at radius 2 is 1.48 bits per heavy atom. The summed E-state index contributed by atoms with van der Waals surface area (Å²) >= 11 is 0. The molecular formula is C26H32N2O5. The first-order chi connectivity index (χ1) is 15.5. The Labute approximate surface area is 194 Å². The zero-order valence-corrected chi connectivity index (χ0v) is 19.8. The van der Waals surface area contributed by atoms with Crippen LogP contribution in [0.1, 0.15) is 58.1 Å². The molecule has 1 aliphatic carbocycles. The van der Waals surface area contributed by atoms with E-state index in [0.29, 0.717) is 0 Å². The summed E-state index contributed by atoms with van der Waals surface area (Å²) in [5.74, 6) is -1.79. The maximum atomic E-state index is 12.9. The van der Waals surface area contributed by atoms with Crippen molar-refractivity contribution in [1.82, 2.24) is 10.6 Å². The molecule has 2 amide bonds. The monoisotopic (exact) mass is 452 g/mol. The van der Waals surface area contributed by atoms with Crippen LogP contribution in [0.4, 0.5) is 4.79 Å². The van der Waals surface area contributed by atoms with Crippen LogP contribution in [0.25, 0.3) is 11.1 Å². The molecule has 2 aromatic rings. The lowest BCUT2D eigenvalue weighted by atomic mass is 9.85. The van der Waals surface area contributed by atoms with Gasteiger partial charge in [-0.15, -0.1) is 0 Å². The van der Waals surface area contributed by atoms with Crippen molar-refractivity contribution in [3.05, 3.63) is 59.7 Å². The van der Waals surface area contributed by atoms with Gasteiger partial charge in [-0.3, -0.25) is 4.79 Å². The average Bonchev–Trinajstić information content (AvgIpc) is 3.08. The second-order valence-electron chi connectivity index (χ2n) is 9.75. The molecule has 3 rings (SSSR count). The minimum absolute atomic E-state index is 0.0952. The summed E-state index contributed by atoms with van der Waals surface area (Å²) in [4.78, 5) is 37.3. The van der Waals surface area contributed by atoms with E-state index < -0.39 is 35.0 Å². The number of carboxylic acids is 1. The average molecular weight is 453 g/mol. The lowest BCUT2D eigenvalue weighted by Crippen LogP contribution is -2.61. The van der Waals surface area contributed by atoms with Crippen molar-refractivity contribution in [3.8, 4) is 11.1 Å². The highest BCUT2D eigenvalue weighted by Crippen LogP contribution is 2.44. The van der Waals surface area contributed by atoms with Crippen LogP contribution in [0.5, 0.6) is 0 Å². The van der Waals surface area contributed by atoms with E-state index in [4.69, 9.17) is 4.74 Å². The molecule has 33 heavy (non-hydrogen) atoms. The number of carbonyl (C=O) groups excluding carboxylic acids is 2. The third-order valence-corrected chi connectivity index (χ3v) is 6.32. The fraction of sp³-hybridized carbons (Fsp3) is 0.423. The number of aliphatic carboxylic acids is 1. The summed E-state index contributed by atoms with van der Waals surface area (Å²) in [5.41, 5.74) is 2.43. The van der Waals surface area contributed by atoms with Gasteiger partial charge in [0.15, 0.2) is 0 Å². The molecule has 0 radical (unpaired) electrons. The molecule has 7 heteroatoms. The highest BCUT2D eigenvalue weighted by Gasteiger charge is 2.40. The molecule has 0 spiro atoms. The number of ether oxygens (including phenoxy) is 1. The van der Waals surface area contributed by atoms with Gasteiger partial charge in [0, 0.05) is 5.92 Å². The van der Waals surface area contributed by atoms with E-state index in [1.807, 2.05) is 36.4 Å². The molecule has 2 atom stereocenters. The third kappa shape index (κ3) is 5.02. The first kappa shape index (κ1) is 24.3. The molecule has 0 saturated carbocycles. The van der Waals surface area contributed by atoms with Gasteiger partial charge in [0.2, 0.25) is 5.91 Å². The van der Waals surface area contributed by atoms with Crippen molar-refractivity contribution in [2.24, 2.45) is 5.41 Å². The van der Waals surface area contributed by atoms with Gasteiger partial charge in [0.1, 0.15) is 18.2 Å². The summed E-state index contributed by atoms with van der Waals surface area (Å²) < 4.78 is 5.56. The Bertz CT molecular complexity index is 1010. The molecule has 176 valence electrons. The predicted octanol–water partition coefficient (Wildman–Crippen LogP) is 4.31. The molecule has 0 bridgehead atoms. The molecular weight excluding hydrogens is 420 g/mol. The molecule has 0 aromatic heterocycles. The van der Waals surface area contributed by atoms with E-state index in [1.165, 1.54) is 0 Å². The number of alkyl carbamates (subject to hydrolysis) is 1. The number of carbonyl (C=O) groups is 3. The Morgan fingerprint density at radius 1 is 0.970 bits per heavy atom. The summed E-state index contributed by atoms with van der Waals surface area (Å²) in [7, 11) is 0. The molecule has 0 heterocycles. The summed E-state index contributed by atoms with van der Waals surface area (Å²) in [6, 6.07) is 15.0. The van der Waals surface area contributed by atoms with Crippen molar-refractivity contribution in [3.63, 3.8) is 0 Å². The van der Waals surface area contributed by atoms with Crippen LogP contribution in [0.15, 0.2) is 48.5 Å². The van der Waals surface area contributed by atoms with E-state index >= 15 is 0 Å². The lowest BCUT2D eigenvalue weighted by molar-refractivity contribution is -0.146. The molecule has 2 unspecified atom stereocenters. The highest BCUT2D eigenvalue weighted by atomic mass is 16.5. The summed E-state index contributed by atoms with van der Waals surface area (Å²) in [5, 5.41) is 14.7. The zero-order chi connectivity index (χ0) is 24.4. The van der Waals surface area contributed by atoms with E-state index in [2.05, 4.69) is 22.8 Å². The number of hydrogen-bond donors (Lipinski definition) is 3. The van der Waals surface area contributed by atoms with E-state index in [1.54, 1.807) is 34.6 Å².